The van der Waals surface area contributed by atoms with Crippen LogP contribution >= 0.6 is 0 Å². The van der Waals surface area contributed by atoms with E-state index in [9.17, 15) is 4.21 Å². The molecule has 0 amide bonds. The molecular formula is C13H26N4O2SSi. The second-order valence-electron chi connectivity index (χ2n) is 6.87. The molecule has 1 N–H and O–H groups in total. The zero-order chi connectivity index (χ0) is 15.9. The van der Waals surface area contributed by atoms with Crippen LogP contribution in [0.25, 0.3) is 0 Å². The van der Waals surface area contributed by atoms with Gasteiger partial charge in [0, 0.05) is 13.0 Å². The van der Waals surface area contributed by atoms with Crippen LogP contribution < -0.4 is 9.46 Å². The number of rotatable bonds is 3. The summed E-state index contributed by atoms with van der Waals surface area (Å²) in [5, 5.41) is 4.32. The topological polar surface area (TPSA) is 68.5 Å². The quantitative estimate of drug-likeness (QED) is 0.866. The van der Waals surface area contributed by atoms with Crippen LogP contribution in [0.4, 0.5) is 0 Å². The first-order chi connectivity index (χ1) is 9.61. The monoisotopic (exact) mass is 330 g/mol. The predicted molar refractivity (Wildman–Crippen MR) is 87.4 cm³/mol. The van der Waals surface area contributed by atoms with E-state index < -0.39 is 18.2 Å². The standard InChI is InChI=1S/C13H26N4O2SSi/c1-13(2,3)21(5,6)16-20(18,14-4)11-10-15-17-8-7-9-19-12(11)17/h10H,7-9H2,1-6H3,(H,14,16,18). The first kappa shape index (κ1) is 16.5. The Morgan fingerprint density at radius 1 is 1.48 bits per heavy atom. The summed E-state index contributed by atoms with van der Waals surface area (Å²) < 4.78 is 28.6. The SMILES string of the molecule is CNS(=O)(=N[Si](C)(C)C(C)(C)C)c1cnn2c1OCCC2. The number of ether oxygens (including phenoxy) is 1. The second-order valence-corrected chi connectivity index (χ2v) is 14.1. The lowest BCUT2D eigenvalue weighted by atomic mass is 10.2. The van der Waals surface area contributed by atoms with Crippen LogP contribution in [-0.2, 0) is 16.5 Å². The Balaban J connectivity index is 2.57. The van der Waals surface area contributed by atoms with Gasteiger partial charge in [-0.3, -0.25) is 4.03 Å². The van der Waals surface area contributed by atoms with Gasteiger partial charge in [0.25, 0.3) is 0 Å². The Hall–Kier alpha value is -0.863. The summed E-state index contributed by atoms with van der Waals surface area (Å²) in [4.78, 5) is 0.578. The minimum atomic E-state index is -2.72. The number of nitrogens with one attached hydrogen (secondary N) is 1. The molecule has 1 aliphatic heterocycles. The van der Waals surface area contributed by atoms with Crippen molar-refractivity contribution < 1.29 is 8.95 Å². The van der Waals surface area contributed by atoms with E-state index in [4.69, 9.17) is 8.77 Å². The third-order valence-corrected chi connectivity index (χ3v) is 12.2. The van der Waals surface area contributed by atoms with Gasteiger partial charge in [-0.15, -0.1) is 0 Å². The molecule has 0 bridgehead atoms. The lowest BCUT2D eigenvalue weighted by molar-refractivity contribution is 0.224. The fourth-order valence-corrected chi connectivity index (χ4v) is 7.13. The second kappa shape index (κ2) is 5.40. The lowest BCUT2D eigenvalue weighted by Crippen LogP contribution is -2.38. The van der Waals surface area contributed by atoms with E-state index in [1.807, 2.05) is 0 Å². The molecule has 0 fully saturated rings. The molecule has 0 saturated heterocycles. The smallest absolute Gasteiger partial charge is 0.230 e. The number of aryl methyl sites for hydroxylation is 1. The van der Waals surface area contributed by atoms with Crippen LogP contribution in [0, 0.1) is 0 Å². The highest BCUT2D eigenvalue weighted by molar-refractivity contribution is 7.92. The van der Waals surface area contributed by atoms with Gasteiger partial charge in [0.05, 0.1) is 12.8 Å². The van der Waals surface area contributed by atoms with E-state index >= 15 is 0 Å². The van der Waals surface area contributed by atoms with Crippen molar-refractivity contribution in [1.82, 2.24) is 14.5 Å². The van der Waals surface area contributed by atoms with E-state index in [2.05, 4.69) is 43.7 Å². The van der Waals surface area contributed by atoms with Gasteiger partial charge in [-0.25, -0.2) is 13.6 Å². The van der Waals surface area contributed by atoms with Crippen LogP contribution in [0.5, 0.6) is 5.88 Å². The predicted octanol–water partition coefficient (Wildman–Crippen LogP) is 2.63. The van der Waals surface area contributed by atoms with Gasteiger partial charge in [0.1, 0.15) is 14.8 Å². The van der Waals surface area contributed by atoms with Crippen molar-refractivity contribution in [3.8, 4) is 5.88 Å². The molecule has 1 aliphatic rings. The van der Waals surface area contributed by atoms with Crippen molar-refractivity contribution in [2.75, 3.05) is 13.7 Å². The molecule has 1 atom stereocenters. The molecule has 6 nitrogen and oxygen atoms in total. The molecule has 8 heteroatoms. The van der Waals surface area contributed by atoms with E-state index in [-0.39, 0.29) is 5.04 Å². The van der Waals surface area contributed by atoms with Gasteiger partial charge in [-0.1, -0.05) is 20.8 Å². The Morgan fingerprint density at radius 3 is 2.71 bits per heavy atom. The molecule has 2 heterocycles. The highest BCUT2D eigenvalue weighted by atomic mass is 32.2. The molecule has 0 saturated carbocycles. The molecule has 0 radical (unpaired) electrons. The van der Waals surface area contributed by atoms with E-state index in [1.54, 1.807) is 17.9 Å². The number of fused-ring (bicyclic) bond motifs is 1. The van der Waals surface area contributed by atoms with Crippen LogP contribution in [-0.4, -0.2) is 35.9 Å². The first-order valence-electron chi connectivity index (χ1n) is 7.26. The normalized spacial score (nSPS) is 18.6. The summed E-state index contributed by atoms with van der Waals surface area (Å²) in [6.45, 7) is 12.2. The molecule has 0 spiro atoms. The Labute approximate surface area is 128 Å². The van der Waals surface area contributed by atoms with Gasteiger partial charge in [0.15, 0.2) is 8.24 Å². The van der Waals surface area contributed by atoms with E-state index in [1.165, 1.54) is 0 Å². The number of nitrogens with zero attached hydrogens (tertiary/aromatic N) is 3. The number of hydrogen-bond donors (Lipinski definition) is 1. The molecule has 21 heavy (non-hydrogen) atoms. The van der Waals surface area contributed by atoms with Gasteiger partial charge in [-0.2, -0.15) is 5.10 Å². The third-order valence-electron chi connectivity index (χ3n) is 4.28. The molecule has 0 aliphatic carbocycles. The van der Waals surface area contributed by atoms with Crippen molar-refractivity contribution in [3.05, 3.63) is 6.20 Å². The zero-order valence-corrected chi connectivity index (χ0v) is 15.6. The summed E-state index contributed by atoms with van der Waals surface area (Å²) in [6.07, 6.45) is 2.56. The summed E-state index contributed by atoms with van der Waals surface area (Å²) in [7, 11) is -3.10. The van der Waals surface area contributed by atoms with Crippen molar-refractivity contribution in [1.29, 1.82) is 0 Å². The van der Waals surface area contributed by atoms with Crippen molar-refractivity contribution >= 4 is 18.2 Å². The molecule has 120 valence electrons. The average molecular weight is 331 g/mol. The van der Waals surface area contributed by atoms with Crippen molar-refractivity contribution in [2.24, 2.45) is 4.03 Å². The average Bonchev–Trinajstić information content (AvgIpc) is 2.81. The summed E-state index contributed by atoms with van der Waals surface area (Å²) in [5.41, 5.74) is 0. The maximum atomic E-state index is 13.4. The zero-order valence-electron chi connectivity index (χ0n) is 13.8. The fraction of sp³-hybridized carbons (Fsp3) is 0.769. The largest absolute Gasteiger partial charge is 0.477 e. The molecule has 1 unspecified atom stereocenters. The maximum Gasteiger partial charge on any atom is 0.230 e. The van der Waals surface area contributed by atoms with Gasteiger partial charge < -0.3 is 4.74 Å². The highest BCUT2D eigenvalue weighted by Gasteiger charge is 2.38. The number of aromatic nitrogens is 2. The minimum Gasteiger partial charge on any atom is -0.477 e. The molecule has 1 aromatic rings. The van der Waals surface area contributed by atoms with E-state index in [0.29, 0.717) is 17.4 Å². The van der Waals surface area contributed by atoms with Crippen molar-refractivity contribution in [3.63, 3.8) is 0 Å². The van der Waals surface area contributed by atoms with Crippen LogP contribution in [0.2, 0.25) is 18.1 Å². The van der Waals surface area contributed by atoms with Crippen molar-refractivity contribution in [2.45, 2.75) is 56.8 Å². The Morgan fingerprint density at radius 2 is 2.14 bits per heavy atom. The van der Waals surface area contributed by atoms with Crippen LogP contribution in [0.1, 0.15) is 27.2 Å². The fourth-order valence-electron chi connectivity index (χ4n) is 1.90. The molecule has 1 aromatic heterocycles. The maximum absolute atomic E-state index is 13.4. The molecular weight excluding hydrogens is 304 g/mol. The summed E-state index contributed by atoms with van der Waals surface area (Å²) in [5.74, 6) is 0.600. The van der Waals surface area contributed by atoms with Crippen LogP contribution in [0.15, 0.2) is 15.1 Å². The highest BCUT2D eigenvalue weighted by Crippen LogP contribution is 2.39. The summed E-state index contributed by atoms with van der Waals surface area (Å²) in [6, 6.07) is 0. The third kappa shape index (κ3) is 3.02. The van der Waals surface area contributed by atoms with Gasteiger partial charge >= 0.3 is 0 Å². The van der Waals surface area contributed by atoms with E-state index in [0.717, 1.165) is 13.0 Å². The Kier molecular flexibility index (Phi) is 4.25. The Bertz CT molecular complexity index is 639. The van der Waals surface area contributed by atoms with Gasteiger partial charge in [0.2, 0.25) is 5.88 Å². The lowest BCUT2D eigenvalue weighted by Gasteiger charge is -2.33. The number of hydrogen-bond acceptors (Lipinski definition) is 4. The van der Waals surface area contributed by atoms with Crippen LogP contribution in [0.3, 0.4) is 0 Å². The summed E-state index contributed by atoms with van der Waals surface area (Å²) >= 11 is 0. The molecule has 0 aromatic carbocycles. The van der Waals surface area contributed by atoms with Gasteiger partial charge in [-0.05, 0) is 25.2 Å². The minimum absolute atomic E-state index is 0.0284. The first-order valence-corrected chi connectivity index (χ1v) is 11.7. The molecule has 2 rings (SSSR count).